The molecule has 0 radical (unpaired) electrons. The molecular weight excluding hydrogens is 326 g/mol. The first-order chi connectivity index (χ1) is 10.9. The molecule has 2 aromatic rings. The van der Waals surface area contributed by atoms with Gasteiger partial charge >= 0.3 is 0 Å². The fraction of sp³-hybridized carbons (Fsp3) is 0.444. The van der Waals surface area contributed by atoms with Gasteiger partial charge in [0.1, 0.15) is 0 Å². The molecule has 1 aliphatic carbocycles. The van der Waals surface area contributed by atoms with E-state index in [0.29, 0.717) is 11.3 Å². The molecule has 122 valence electrons. The highest BCUT2D eigenvalue weighted by atomic mass is 35.5. The monoisotopic (exact) mass is 347 g/mol. The molecule has 1 atom stereocenters. The van der Waals surface area contributed by atoms with E-state index in [1.165, 1.54) is 12.1 Å². The quantitative estimate of drug-likeness (QED) is 0.683. The zero-order valence-corrected chi connectivity index (χ0v) is 15.3. The molecule has 0 spiro atoms. The first-order valence-corrected chi connectivity index (χ1v) is 9.20. The number of rotatable bonds is 3. The number of aromatic nitrogens is 1. The molecule has 0 bridgehead atoms. The number of hydrazone groups is 1. The lowest BCUT2D eigenvalue weighted by Gasteiger charge is -2.34. The third-order valence-electron chi connectivity index (χ3n) is 4.12. The number of nitrogens with one attached hydrogen (secondary N) is 1. The molecule has 1 fully saturated rings. The van der Waals surface area contributed by atoms with E-state index in [0.717, 1.165) is 34.3 Å². The minimum absolute atomic E-state index is 0.343. The third kappa shape index (κ3) is 4.33. The maximum absolute atomic E-state index is 5.93. The Hall–Kier alpha value is -1.39. The zero-order chi connectivity index (χ0) is 16.4. The van der Waals surface area contributed by atoms with Crippen LogP contribution >= 0.6 is 22.9 Å². The van der Waals surface area contributed by atoms with Gasteiger partial charge in [-0.2, -0.15) is 5.10 Å². The molecule has 1 aromatic heterocycles. The summed E-state index contributed by atoms with van der Waals surface area (Å²) < 4.78 is 0. The van der Waals surface area contributed by atoms with Gasteiger partial charge in [-0.15, -0.1) is 11.3 Å². The number of hydrogen-bond acceptors (Lipinski definition) is 4. The average molecular weight is 348 g/mol. The van der Waals surface area contributed by atoms with Crippen LogP contribution in [0.3, 0.4) is 0 Å². The molecule has 1 aliphatic rings. The summed E-state index contributed by atoms with van der Waals surface area (Å²) in [6.07, 6.45) is 3.40. The van der Waals surface area contributed by atoms with Gasteiger partial charge in [0.2, 0.25) is 5.13 Å². The predicted octanol–water partition coefficient (Wildman–Crippen LogP) is 6.08. The highest BCUT2D eigenvalue weighted by Gasteiger charge is 2.29. The molecule has 23 heavy (non-hydrogen) atoms. The van der Waals surface area contributed by atoms with Crippen molar-refractivity contribution in [3.63, 3.8) is 0 Å². The van der Waals surface area contributed by atoms with Gasteiger partial charge < -0.3 is 0 Å². The van der Waals surface area contributed by atoms with Crippen molar-refractivity contribution in [2.75, 3.05) is 5.43 Å². The summed E-state index contributed by atoms with van der Waals surface area (Å²) in [4.78, 5) is 4.61. The van der Waals surface area contributed by atoms with E-state index in [9.17, 15) is 0 Å². The van der Waals surface area contributed by atoms with E-state index in [-0.39, 0.29) is 0 Å². The summed E-state index contributed by atoms with van der Waals surface area (Å²) in [5.41, 5.74) is 6.75. The van der Waals surface area contributed by atoms with Crippen molar-refractivity contribution in [2.45, 2.75) is 40.0 Å². The molecule has 0 amide bonds. The van der Waals surface area contributed by atoms with Gasteiger partial charge in [-0.05, 0) is 42.7 Å². The Morgan fingerprint density at radius 2 is 2.04 bits per heavy atom. The largest absolute Gasteiger partial charge is 0.253 e. The van der Waals surface area contributed by atoms with Gasteiger partial charge in [-0.3, -0.25) is 5.43 Å². The van der Waals surface area contributed by atoms with Crippen molar-refractivity contribution in [1.82, 2.24) is 4.98 Å². The fourth-order valence-corrected chi connectivity index (χ4v) is 4.19. The second-order valence-electron chi connectivity index (χ2n) is 7.19. The molecule has 3 nitrogen and oxygen atoms in total. The Bertz CT molecular complexity index is 703. The van der Waals surface area contributed by atoms with E-state index >= 15 is 0 Å². The lowest BCUT2D eigenvalue weighted by molar-refractivity contribution is 0.266. The average Bonchev–Trinajstić information content (AvgIpc) is 2.93. The van der Waals surface area contributed by atoms with Crippen molar-refractivity contribution in [1.29, 1.82) is 0 Å². The molecule has 1 saturated carbocycles. The predicted molar refractivity (Wildman–Crippen MR) is 100 cm³/mol. The molecular formula is C18H22ClN3S. The van der Waals surface area contributed by atoms with Gasteiger partial charge in [0.05, 0.1) is 5.69 Å². The summed E-state index contributed by atoms with van der Waals surface area (Å²) >= 11 is 7.50. The Labute approximate surface area is 146 Å². The number of nitrogens with zero attached hydrogens (tertiary/aromatic N) is 2. The van der Waals surface area contributed by atoms with Gasteiger partial charge in [0.25, 0.3) is 0 Å². The van der Waals surface area contributed by atoms with E-state index in [1.54, 1.807) is 11.3 Å². The number of halogens is 1. The smallest absolute Gasteiger partial charge is 0.203 e. The highest BCUT2D eigenvalue weighted by Crippen LogP contribution is 2.37. The molecule has 1 aromatic carbocycles. The summed E-state index contributed by atoms with van der Waals surface area (Å²) in [6.45, 7) is 6.94. The second kappa shape index (κ2) is 6.62. The topological polar surface area (TPSA) is 37.3 Å². The maximum atomic E-state index is 5.93. The normalized spacial score (nSPS) is 22.3. The Balaban J connectivity index is 1.69. The van der Waals surface area contributed by atoms with E-state index in [1.807, 2.05) is 29.6 Å². The zero-order valence-electron chi connectivity index (χ0n) is 13.8. The third-order valence-corrected chi connectivity index (χ3v) is 5.12. The standard InChI is InChI=1S/C18H22ClN3S/c1-12-8-15(10-18(2,3)9-12)21-22-17-20-16(11-23-17)13-4-6-14(19)7-5-13/h4-7,11-12H,8-10H2,1-3H3,(H,20,22)/b21-15+. The molecule has 1 N–H and O–H groups in total. The molecule has 3 rings (SSSR count). The Morgan fingerprint density at radius 1 is 1.30 bits per heavy atom. The highest BCUT2D eigenvalue weighted by molar-refractivity contribution is 7.14. The van der Waals surface area contributed by atoms with Crippen molar-refractivity contribution in [3.05, 3.63) is 34.7 Å². The molecule has 0 aliphatic heterocycles. The van der Waals surface area contributed by atoms with Crippen LogP contribution in [0.15, 0.2) is 34.7 Å². The van der Waals surface area contributed by atoms with Crippen LogP contribution in [-0.2, 0) is 0 Å². The lowest BCUT2D eigenvalue weighted by Crippen LogP contribution is -2.28. The summed E-state index contributed by atoms with van der Waals surface area (Å²) in [7, 11) is 0. The minimum Gasteiger partial charge on any atom is -0.253 e. The van der Waals surface area contributed by atoms with Crippen LogP contribution in [0.2, 0.25) is 5.02 Å². The Morgan fingerprint density at radius 3 is 2.74 bits per heavy atom. The summed E-state index contributed by atoms with van der Waals surface area (Å²) in [6, 6.07) is 7.74. The first-order valence-electron chi connectivity index (χ1n) is 7.94. The van der Waals surface area contributed by atoms with Crippen LogP contribution in [0, 0.1) is 11.3 Å². The van der Waals surface area contributed by atoms with Gasteiger partial charge in [-0.1, -0.05) is 44.5 Å². The van der Waals surface area contributed by atoms with Crippen LogP contribution in [0.1, 0.15) is 40.0 Å². The minimum atomic E-state index is 0.343. The van der Waals surface area contributed by atoms with Crippen molar-refractivity contribution < 1.29 is 0 Å². The first kappa shape index (κ1) is 16.5. The lowest BCUT2D eigenvalue weighted by atomic mass is 9.72. The van der Waals surface area contributed by atoms with Gasteiger partial charge in [0.15, 0.2) is 0 Å². The number of benzene rings is 1. The maximum Gasteiger partial charge on any atom is 0.203 e. The van der Waals surface area contributed by atoms with Crippen LogP contribution in [0.25, 0.3) is 11.3 Å². The number of thiazole rings is 1. The SMILES string of the molecule is CC1C/C(=N\Nc2nc(-c3ccc(Cl)cc3)cs2)CC(C)(C)C1. The van der Waals surface area contributed by atoms with Crippen molar-refractivity contribution >= 4 is 33.8 Å². The fourth-order valence-electron chi connectivity index (χ4n) is 3.40. The van der Waals surface area contributed by atoms with Gasteiger partial charge in [0, 0.05) is 21.7 Å². The van der Waals surface area contributed by atoms with Crippen LogP contribution < -0.4 is 5.43 Å². The van der Waals surface area contributed by atoms with Crippen molar-refractivity contribution in [2.24, 2.45) is 16.4 Å². The van der Waals surface area contributed by atoms with Crippen LogP contribution in [-0.4, -0.2) is 10.7 Å². The summed E-state index contributed by atoms with van der Waals surface area (Å²) in [5.74, 6) is 0.695. The van der Waals surface area contributed by atoms with Gasteiger partial charge in [-0.25, -0.2) is 4.98 Å². The molecule has 5 heteroatoms. The number of hydrogen-bond donors (Lipinski definition) is 1. The van der Waals surface area contributed by atoms with Crippen molar-refractivity contribution in [3.8, 4) is 11.3 Å². The molecule has 1 heterocycles. The summed E-state index contributed by atoms with van der Waals surface area (Å²) in [5, 5.41) is 8.23. The molecule has 0 saturated heterocycles. The Kier molecular flexibility index (Phi) is 4.74. The van der Waals surface area contributed by atoms with Crippen LogP contribution in [0.4, 0.5) is 5.13 Å². The number of anilines is 1. The van der Waals surface area contributed by atoms with E-state index < -0.39 is 0 Å². The van der Waals surface area contributed by atoms with E-state index in [2.05, 4.69) is 36.3 Å². The second-order valence-corrected chi connectivity index (χ2v) is 8.48. The van der Waals surface area contributed by atoms with E-state index in [4.69, 9.17) is 11.6 Å². The van der Waals surface area contributed by atoms with Crippen LogP contribution in [0.5, 0.6) is 0 Å². The molecule has 1 unspecified atom stereocenters.